The molecular formula is C20H22ClN2O+. The molecule has 0 aromatic heterocycles. The highest BCUT2D eigenvalue weighted by molar-refractivity contribution is 6.32. The Morgan fingerprint density at radius 2 is 1.71 bits per heavy atom. The number of rotatable bonds is 4. The van der Waals surface area contributed by atoms with Crippen molar-refractivity contribution in [1.29, 1.82) is 0 Å². The Balaban J connectivity index is 1.51. The summed E-state index contributed by atoms with van der Waals surface area (Å²) in [6.45, 7) is 4.60. The largest absolute Gasteiger partial charge is 0.328 e. The fourth-order valence-electron chi connectivity index (χ4n) is 2.98. The lowest BCUT2D eigenvalue weighted by Crippen LogP contribution is -3.13. The van der Waals surface area contributed by atoms with Crippen molar-refractivity contribution < 1.29 is 9.69 Å². The summed E-state index contributed by atoms with van der Waals surface area (Å²) < 4.78 is 0. The number of hydrogen-bond donors (Lipinski definition) is 1. The molecule has 1 heterocycles. The van der Waals surface area contributed by atoms with Crippen molar-refractivity contribution in [1.82, 2.24) is 4.90 Å². The number of amides is 1. The number of carbonyl (C=O) groups excluding carboxylic acids is 1. The van der Waals surface area contributed by atoms with E-state index in [0.717, 1.165) is 38.3 Å². The molecule has 124 valence electrons. The van der Waals surface area contributed by atoms with E-state index in [1.54, 1.807) is 12.2 Å². The van der Waals surface area contributed by atoms with E-state index >= 15 is 0 Å². The fraction of sp³-hybridized carbons (Fsp3) is 0.250. The Hall–Kier alpha value is -2.10. The minimum Gasteiger partial charge on any atom is -0.328 e. The van der Waals surface area contributed by atoms with Gasteiger partial charge in [-0.1, -0.05) is 60.1 Å². The maximum Gasteiger partial charge on any atom is 0.246 e. The van der Waals surface area contributed by atoms with Crippen LogP contribution in [0.25, 0.3) is 6.08 Å². The molecule has 0 unspecified atom stereocenters. The van der Waals surface area contributed by atoms with Gasteiger partial charge in [0.1, 0.15) is 6.54 Å². The van der Waals surface area contributed by atoms with Gasteiger partial charge in [0, 0.05) is 16.7 Å². The van der Waals surface area contributed by atoms with Gasteiger partial charge in [0.15, 0.2) is 0 Å². The molecule has 1 aliphatic rings. The zero-order valence-electron chi connectivity index (χ0n) is 13.6. The molecule has 0 atom stereocenters. The van der Waals surface area contributed by atoms with Crippen LogP contribution in [0.2, 0.25) is 5.02 Å². The van der Waals surface area contributed by atoms with Crippen molar-refractivity contribution in [3.8, 4) is 0 Å². The predicted molar refractivity (Wildman–Crippen MR) is 97.9 cm³/mol. The van der Waals surface area contributed by atoms with Crippen LogP contribution in [0, 0.1) is 0 Å². The van der Waals surface area contributed by atoms with E-state index in [2.05, 4.69) is 24.3 Å². The van der Waals surface area contributed by atoms with Gasteiger partial charge >= 0.3 is 0 Å². The van der Waals surface area contributed by atoms with Crippen molar-refractivity contribution >= 4 is 23.6 Å². The van der Waals surface area contributed by atoms with E-state index in [1.165, 1.54) is 10.5 Å². The fourth-order valence-corrected chi connectivity index (χ4v) is 3.18. The van der Waals surface area contributed by atoms with Crippen LogP contribution in [-0.4, -0.2) is 37.0 Å². The van der Waals surface area contributed by atoms with Crippen LogP contribution < -0.4 is 4.90 Å². The average Bonchev–Trinajstić information content (AvgIpc) is 2.62. The first-order valence-electron chi connectivity index (χ1n) is 8.31. The summed E-state index contributed by atoms with van der Waals surface area (Å²) in [6.07, 6.45) is 3.43. The van der Waals surface area contributed by atoms with Crippen LogP contribution in [-0.2, 0) is 11.3 Å². The second-order valence-electron chi connectivity index (χ2n) is 6.09. The molecule has 1 aliphatic heterocycles. The van der Waals surface area contributed by atoms with Gasteiger partial charge in [-0.05, 0) is 17.7 Å². The van der Waals surface area contributed by atoms with Gasteiger partial charge in [0.2, 0.25) is 5.91 Å². The monoisotopic (exact) mass is 341 g/mol. The average molecular weight is 342 g/mol. The first-order valence-corrected chi connectivity index (χ1v) is 8.69. The second kappa shape index (κ2) is 8.13. The van der Waals surface area contributed by atoms with Crippen LogP contribution >= 0.6 is 11.6 Å². The molecule has 2 aromatic rings. The Morgan fingerprint density at radius 1 is 1.04 bits per heavy atom. The molecule has 3 nitrogen and oxygen atoms in total. The van der Waals surface area contributed by atoms with Crippen molar-refractivity contribution in [2.45, 2.75) is 6.54 Å². The quantitative estimate of drug-likeness (QED) is 0.848. The molecule has 0 saturated carbocycles. The van der Waals surface area contributed by atoms with Crippen LogP contribution in [0.1, 0.15) is 11.1 Å². The van der Waals surface area contributed by atoms with Gasteiger partial charge in [0.05, 0.1) is 26.2 Å². The van der Waals surface area contributed by atoms with Crippen LogP contribution in [0.4, 0.5) is 0 Å². The highest BCUT2D eigenvalue weighted by Gasteiger charge is 2.22. The Kier molecular flexibility index (Phi) is 5.68. The van der Waals surface area contributed by atoms with Gasteiger partial charge in [-0.15, -0.1) is 0 Å². The molecule has 0 radical (unpaired) electrons. The molecular weight excluding hydrogens is 320 g/mol. The molecule has 4 heteroatoms. The maximum atomic E-state index is 12.3. The number of benzene rings is 2. The van der Waals surface area contributed by atoms with E-state index < -0.39 is 0 Å². The molecule has 0 aliphatic carbocycles. The summed E-state index contributed by atoms with van der Waals surface area (Å²) >= 11 is 6.11. The van der Waals surface area contributed by atoms with E-state index in [0.29, 0.717) is 5.02 Å². The normalized spacial score (nSPS) is 15.8. The number of carbonyl (C=O) groups is 1. The zero-order chi connectivity index (χ0) is 16.8. The van der Waals surface area contributed by atoms with Gasteiger partial charge in [-0.2, -0.15) is 0 Å². The van der Waals surface area contributed by atoms with Gasteiger partial charge in [0.25, 0.3) is 0 Å². The van der Waals surface area contributed by atoms with E-state index in [9.17, 15) is 4.79 Å². The highest BCUT2D eigenvalue weighted by Crippen LogP contribution is 2.16. The van der Waals surface area contributed by atoms with E-state index in [-0.39, 0.29) is 5.91 Å². The standard InChI is InChI=1S/C20H21ClN2O/c21-19-9-5-4-8-18(19)10-11-20(24)23-14-12-22(13-15-23)16-17-6-2-1-3-7-17/h1-11H,12-16H2/p+1/b11-10+. The number of halogens is 1. The van der Waals surface area contributed by atoms with Crippen molar-refractivity contribution in [2.24, 2.45) is 0 Å². The molecule has 1 N–H and O–H groups in total. The smallest absolute Gasteiger partial charge is 0.246 e. The summed E-state index contributed by atoms with van der Waals surface area (Å²) in [6, 6.07) is 18.1. The lowest BCUT2D eigenvalue weighted by molar-refractivity contribution is -0.917. The predicted octanol–water partition coefficient (Wildman–Crippen LogP) is 2.28. The molecule has 0 spiro atoms. The third-order valence-electron chi connectivity index (χ3n) is 4.39. The molecule has 1 saturated heterocycles. The lowest BCUT2D eigenvalue weighted by Gasteiger charge is -2.31. The SMILES string of the molecule is O=C(/C=C/c1ccccc1Cl)N1CC[NH+](Cc2ccccc2)CC1. The number of hydrogen-bond acceptors (Lipinski definition) is 1. The van der Waals surface area contributed by atoms with E-state index in [1.807, 2.05) is 35.2 Å². The summed E-state index contributed by atoms with van der Waals surface area (Å²) in [7, 11) is 0. The Bertz CT molecular complexity index is 707. The summed E-state index contributed by atoms with van der Waals surface area (Å²) in [5.74, 6) is 0.0636. The number of nitrogens with zero attached hydrogens (tertiary/aromatic N) is 1. The number of piperazine rings is 1. The van der Waals surface area contributed by atoms with Crippen LogP contribution in [0.5, 0.6) is 0 Å². The zero-order valence-corrected chi connectivity index (χ0v) is 14.4. The van der Waals surface area contributed by atoms with Gasteiger partial charge < -0.3 is 9.80 Å². The number of nitrogens with one attached hydrogen (secondary N) is 1. The van der Waals surface area contributed by atoms with Gasteiger partial charge in [-0.3, -0.25) is 4.79 Å². The van der Waals surface area contributed by atoms with Crippen molar-refractivity contribution in [3.05, 3.63) is 76.8 Å². The highest BCUT2D eigenvalue weighted by atomic mass is 35.5. The Morgan fingerprint density at radius 3 is 2.42 bits per heavy atom. The summed E-state index contributed by atoms with van der Waals surface area (Å²) in [5.41, 5.74) is 2.23. The topological polar surface area (TPSA) is 24.8 Å². The third kappa shape index (κ3) is 4.47. The molecule has 1 amide bonds. The maximum absolute atomic E-state index is 12.3. The van der Waals surface area contributed by atoms with Crippen LogP contribution in [0.15, 0.2) is 60.7 Å². The molecule has 2 aromatic carbocycles. The molecule has 3 rings (SSSR count). The third-order valence-corrected chi connectivity index (χ3v) is 4.73. The molecule has 0 bridgehead atoms. The summed E-state index contributed by atoms with van der Waals surface area (Å²) in [4.78, 5) is 15.8. The first-order chi connectivity index (χ1) is 11.7. The van der Waals surface area contributed by atoms with Crippen LogP contribution in [0.3, 0.4) is 0 Å². The van der Waals surface area contributed by atoms with E-state index in [4.69, 9.17) is 11.6 Å². The van der Waals surface area contributed by atoms with Crippen molar-refractivity contribution in [2.75, 3.05) is 26.2 Å². The minimum absolute atomic E-state index is 0.0636. The Labute approximate surface area is 148 Å². The molecule has 1 fully saturated rings. The molecule has 24 heavy (non-hydrogen) atoms. The number of quaternary nitrogens is 1. The summed E-state index contributed by atoms with van der Waals surface area (Å²) in [5, 5.41) is 0.665. The lowest BCUT2D eigenvalue weighted by atomic mass is 10.2. The van der Waals surface area contributed by atoms with Crippen molar-refractivity contribution in [3.63, 3.8) is 0 Å². The first kappa shape index (κ1) is 16.7. The van der Waals surface area contributed by atoms with Gasteiger partial charge in [-0.25, -0.2) is 0 Å². The second-order valence-corrected chi connectivity index (χ2v) is 6.50. The minimum atomic E-state index is 0.0636.